The first-order valence-electron chi connectivity index (χ1n) is 4.39. The van der Waals surface area contributed by atoms with E-state index in [9.17, 15) is 0 Å². The predicted octanol–water partition coefficient (Wildman–Crippen LogP) is 2.64. The molecule has 48 valence electrons. The fraction of sp³-hybridized carbons (Fsp3) is 0.333. The zero-order valence-corrected chi connectivity index (χ0v) is 5.38. The van der Waals surface area contributed by atoms with Crippen molar-refractivity contribution >= 4 is 0 Å². The van der Waals surface area contributed by atoms with Crippen LogP contribution in [0.3, 0.4) is 0 Å². The largest absolute Gasteiger partial charge is 0.0651 e. The van der Waals surface area contributed by atoms with Gasteiger partial charge in [-0.2, -0.15) is 0 Å². The highest BCUT2D eigenvalue weighted by Gasteiger charge is 1.84. The summed E-state index contributed by atoms with van der Waals surface area (Å²) in [6.45, 7) is 0.336. The monoisotopic (exact) mass is 122 g/mol. The minimum atomic E-state index is -0.214. The van der Waals surface area contributed by atoms with E-state index in [1.54, 1.807) is 0 Å². The summed E-state index contributed by atoms with van der Waals surface area (Å²) in [4.78, 5) is 0. The fourth-order valence-electron chi connectivity index (χ4n) is 0.756. The first kappa shape index (κ1) is 4.10. The van der Waals surface area contributed by atoms with Gasteiger partial charge in [0.2, 0.25) is 0 Å². The van der Waals surface area contributed by atoms with Crippen molar-refractivity contribution in [2.45, 2.75) is 19.7 Å². The molecular formula is C9H12. The molecule has 9 heavy (non-hydrogen) atoms. The molecule has 0 amide bonds. The summed E-state index contributed by atoms with van der Waals surface area (Å²) >= 11 is 0. The van der Waals surface area contributed by atoms with E-state index in [1.165, 1.54) is 0 Å². The minimum absolute atomic E-state index is 0.214. The Morgan fingerprint density at radius 1 is 1.44 bits per heavy atom. The third-order valence-corrected chi connectivity index (χ3v) is 1.18. The first-order chi connectivity index (χ1) is 5.34. The molecule has 0 heterocycles. The summed E-state index contributed by atoms with van der Waals surface area (Å²) in [6, 6.07) is 9.68. The average molecular weight is 122 g/mol. The maximum atomic E-state index is 7.59. The molecule has 0 radical (unpaired) electrons. The number of hydrogen-bond acceptors (Lipinski definition) is 0. The summed E-state index contributed by atoms with van der Waals surface area (Å²) in [5, 5.41) is 0. The molecule has 0 nitrogen and oxygen atoms in total. The van der Waals surface area contributed by atoms with Gasteiger partial charge < -0.3 is 0 Å². The summed E-state index contributed by atoms with van der Waals surface area (Å²) in [5.41, 5.74) is 1.01. The van der Waals surface area contributed by atoms with Crippen molar-refractivity contribution in [2.75, 3.05) is 0 Å². The van der Waals surface area contributed by atoms with Crippen LogP contribution in [0.4, 0.5) is 0 Å². The van der Waals surface area contributed by atoms with Crippen LogP contribution in [0, 0.1) is 0 Å². The van der Waals surface area contributed by atoms with Crippen LogP contribution in [0.15, 0.2) is 30.3 Å². The Bertz CT molecular complexity index is 196. The van der Waals surface area contributed by atoms with Gasteiger partial charge >= 0.3 is 0 Å². The second kappa shape index (κ2) is 3.29. The lowest BCUT2D eigenvalue weighted by Crippen LogP contribution is -1.78. The lowest BCUT2D eigenvalue weighted by molar-refractivity contribution is 0.922. The van der Waals surface area contributed by atoms with Gasteiger partial charge in [-0.1, -0.05) is 43.7 Å². The van der Waals surface area contributed by atoms with Crippen molar-refractivity contribution in [1.29, 1.82) is 0 Å². The quantitative estimate of drug-likeness (QED) is 0.565. The molecule has 0 spiro atoms. The predicted molar refractivity (Wildman–Crippen MR) is 40.4 cm³/mol. The summed E-state index contributed by atoms with van der Waals surface area (Å²) < 4.78 is 14.6. The highest BCUT2D eigenvalue weighted by Crippen LogP contribution is 2.00. The van der Waals surface area contributed by atoms with Gasteiger partial charge in [0.1, 0.15) is 0 Å². The lowest BCUT2D eigenvalue weighted by atomic mass is 10.1. The Balaban J connectivity index is 2.61. The molecule has 1 rings (SSSR count). The van der Waals surface area contributed by atoms with E-state index in [0.717, 1.165) is 5.56 Å². The summed E-state index contributed by atoms with van der Waals surface area (Å²) in [5.74, 6) is 0. The third kappa shape index (κ3) is 1.88. The van der Waals surface area contributed by atoms with Crippen LogP contribution in [0.5, 0.6) is 0 Å². The smallest absolute Gasteiger partial charge is 0.0316 e. The van der Waals surface area contributed by atoms with Crippen molar-refractivity contribution in [3.8, 4) is 0 Å². The van der Waals surface area contributed by atoms with E-state index in [1.807, 2.05) is 30.3 Å². The summed E-state index contributed by atoms with van der Waals surface area (Å²) in [7, 11) is 0. The molecular weight excluding hydrogens is 108 g/mol. The molecule has 0 bridgehead atoms. The van der Waals surface area contributed by atoms with E-state index in [0.29, 0.717) is 13.3 Å². The van der Waals surface area contributed by atoms with Crippen LogP contribution in [-0.4, -0.2) is 0 Å². The van der Waals surface area contributed by atoms with Gasteiger partial charge in [0, 0.05) is 2.74 Å². The Labute approximate surface area is 59.3 Å². The topological polar surface area (TPSA) is 0 Å². The van der Waals surface area contributed by atoms with Crippen LogP contribution in [-0.2, 0) is 6.40 Å². The Morgan fingerprint density at radius 2 is 2.22 bits per heavy atom. The van der Waals surface area contributed by atoms with Gasteiger partial charge in [0.15, 0.2) is 0 Å². The zero-order chi connectivity index (χ0) is 8.10. The molecule has 1 aromatic rings. The van der Waals surface area contributed by atoms with Gasteiger partial charge in [-0.3, -0.25) is 0 Å². The molecule has 0 heteroatoms. The lowest BCUT2D eigenvalue weighted by Gasteiger charge is -1.93. The molecule has 0 saturated heterocycles. The first-order valence-corrected chi connectivity index (χ1v) is 3.11. The maximum Gasteiger partial charge on any atom is 0.0316 e. The molecule has 0 aromatic heterocycles. The van der Waals surface area contributed by atoms with Crippen LogP contribution >= 0.6 is 0 Å². The molecule has 1 atom stereocenters. The van der Waals surface area contributed by atoms with E-state index in [-0.39, 0.29) is 6.40 Å². The highest BCUT2D eigenvalue weighted by molar-refractivity contribution is 5.14. The zero-order valence-electron chi connectivity index (χ0n) is 7.38. The Kier molecular flexibility index (Phi) is 1.50. The Hall–Kier alpha value is -0.780. The van der Waals surface area contributed by atoms with Crippen LogP contribution < -0.4 is 0 Å². The van der Waals surface area contributed by atoms with E-state index in [4.69, 9.17) is 2.74 Å². The second-order valence-corrected chi connectivity index (χ2v) is 1.90. The molecule has 1 unspecified atom stereocenters. The van der Waals surface area contributed by atoms with E-state index in [2.05, 4.69) is 0 Å². The van der Waals surface area contributed by atoms with Crippen molar-refractivity contribution in [3.63, 3.8) is 0 Å². The Morgan fingerprint density at radius 3 is 2.89 bits per heavy atom. The minimum Gasteiger partial charge on any atom is -0.0651 e. The van der Waals surface area contributed by atoms with E-state index >= 15 is 0 Å². The fourth-order valence-corrected chi connectivity index (χ4v) is 0.756. The van der Waals surface area contributed by atoms with Gasteiger partial charge in [0.25, 0.3) is 0 Å². The SMILES string of the molecule is [2H]CCC([2H])c1ccccc1. The molecule has 0 aliphatic carbocycles. The molecule has 0 fully saturated rings. The van der Waals surface area contributed by atoms with Gasteiger partial charge in [-0.05, 0) is 12.0 Å². The standard InChI is InChI=1S/C9H12/c1-2-6-9-7-4-3-5-8-9/h3-5,7-8H,2,6H2,1H3/i1D,6D. The normalized spacial score (nSPS) is 16.0. The second-order valence-electron chi connectivity index (χ2n) is 1.90. The average Bonchev–Trinajstić information content (AvgIpc) is 2.07. The van der Waals surface area contributed by atoms with Crippen molar-refractivity contribution in [1.82, 2.24) is 0 Å². The van der Waals surface area contributed by atoms with Crippen LogP contribution in [0.25, 0.3) is 0 Å². The van der Waals surface area contributed by atoms with Crippen molar-refractivity contribution < 1.29 is 2.74 Å². The van der Waals surface area contributed by atoms with Gasteiger partial charge in [-0.15, -0.1) is 0 Å². The number of benzene rings is 1. The molecule has 0 aliphatic heterocycles. The van der Waals surface area contributed by atoms with Crippen molar-refractivity contribution in [2.24, 2.45) is 0 Å². The molecule has 1 aromatic carbocycles. The van der Waals surface area contributed by atoms with Crippen molar-refractivity contribution in [3.05, 3.63) is 35.9 Å². The number of rotatable bonds is 2. The van der Waals surface area contributed by atoms with E-state index < -0.39 is 0 Å². The van der Waals surface area contributed by atoms with Crippen LogP contribution in [0.1, 0.15) is 21.6 Å². The maximum absolute atomic E-state index is 7.59. The van der Waals surface area contributed by atoms with Gasteiger partial charge in [-0.25, -0.2) is 0 Å². The third-order valence-electron chi connectivity index (χ3n) is 1.18. The van der Waals surface area contributed by atoms with Crippen LogP contribution in [0.2, 0.25) is 0 Å². The number of hydrogen-bond donors (Lipinski definition) is 0. The van der Waals surface area contributed by atoms with Gasteiger partial charge in [0.05, 0.1) is 0 Å². The molecule has 0 saturated carbocycles. The highest BCUT2D eigenvalue weighted by atomic mass is 13.9. The number of aryl methyl sites for hydroxylation is 1. The molecule has 0 N–H and O–H groups in total. The summed E-state index contributed by atoms with van der Waals surface area (Å²) in [6.07, 6.45) is 0.415. The molecule has 0 aliphatic rings.